The number of methoxy groups -OCH3 is 1. The summed E-state index contributed by atoms with van der Waals surface area (Å²) in [4.78, 5) is 0. The standard InChI is InChI=1S/C21H18Cl2FNO2/c1-26-20-9-15(12-25-16-7-8-19(24)18(23)10-16)17(22)11-21(20)27-13-14-5-3-2-4-6-14/h2-11,25H,12-13H2,1H3. The first-order chi connectivity index (χ1) is 13.1. The predicted molar refractivity (Wildman–Crippen MR) is 108 cm³/mol. The van der Waals surface area contributed by atoms with E-state index >= 15 is 0 Å². The van der Waals surface area contributed by atoms with Gasteiger partial charge in [0.15, 0.2) is 11.5 Å². The Morgan fingerprint density at radius 1 is 0.926 bits per heavy atom. The highest BCUT2D eigenvalue weighted by atomic mass is 35.5. The molecule has 0 unspecified atom stereocenters. The van der Waals surface area contributed by atoms with Crippen molar-refractivity contribution < 1.29 is 13.9 Å². The summed E-state index contributed by atoms with van der Waals surface area (Å²) in [5, 5.41) is 3.77. The van der Waals surface area contributed by atoms with Crippen LogP contribution in [0.5, 0.6) is 11.5 Å². The number of hydrogen-bond donors (Lipinski definition) is 1. The first-order valence-corrected chi connectivity index (χ1v) is 9.04. The van der Waals surface area contributed by atoms with E-state index in [0.717, 1.165) is 11.1 Å². The van der Waals surface area contributed by atoms with Crippen molar-refractivity contribution in [3.05, 3.63) is 87.7 Å². The minimum atomic E-state index is -0.457. The Hall–Kier alpha value is -2.43. The predicted octanol–water partition coefficient (Wildman–Crippen LogP) is 6.33. The number of ether oxygens (including phenoxy) is 2. The van der Waals surface area contributed by atoms with E-state index in [9.17, 15) is 4.39 Å². The van der Waals surface area contributed by atoms with Gasteiger partial charge in [-0.2, -0.15) is 0 Å². The van der Waals surface area contributed by atoms with Gasteiger partial charge in [-0.1, -0.05) is 53.5 Å². The van der Waals surface area contributed by atoms with Crippen LogP contribution < -0.4 is 14.8 Å². The minimum Gasteiger partial charge on any atom is -0.493 e. The molecule has 0 radical (unpaired) electrons. The third kappa shape index (κ3) is 5.06. The molecule has 0 amide bonds. The van der Waals surface area contributed by atoms with E-state index in [2.05, 4.69) is 5.32 Å². The van der Waals surface area contributed by atoms with Crippen molar-refractivity contribution in [1.29, 1.82) is 0 Å². The summed E-state index contributed by atoms with van der Waals surface area (Å²) in [6, 6.07) is 17.9. The molecule has 3 aromatic carbocycles. The van der Waals surface area contributed by atoms with E-state index < -0.39 is 5.82 Å². The molecule has 0 saturated heterocycles. The zero-order valence-electron chi connectivity index (χ0n) is 14.6. The molecule has 0 fully saturated rings. The molecule has 1 N–H and O–H groups in total. The molecular weight excluding hydrogens is 388 g/mol. The highest BCUT2D eigenvalue weighted by Crippen LogP contribution is 2.34. The van der Waals surface area contributed by atoms with Gasteiger partial charge in [-0.25, -0.2) is 4.39 Å². The Morgan fingerprint density at radius 3 is 2.41 bits per heavy atom. The van der Waals surface area contributed by atoms with Gasteiger partial charge in [-0.15, -0.1) is 0 Å². The normalized spacial score (nSPS) is 10.5. The van der Waals surface area contributed by atoms with Crippen molar-refractivity contribution >= 4 is 28.9 Å². The Morgan fingerprint density at radius 2 is 1.70 bits per heavy atom. The SMILES string of the molecule is COc1cc(CNc2ccc(F)c(Cl)c2)c(Cl)cc1OCc1ccccc1. The first kappa shape index (κ1) is 19.3. The van der Waals surface area contributed by atoms with Crippen LogP contribution in [-0.2, 0) is 13.2 Å². The molecule has 0 aliphatic carbocycles. The maximum Gasteiger partial charge on any atom is 0.163 e. The molecule has 140 valence electrons. The number of anilines is 1. The van der Waals surface area contributed by atoms with Gasteiger partial charge in [0.25, 0.3) is 0 Å². The van der Waals surface area contributed by atoms with Crippen LogP contribution in [0.1, 0.15) is 11.1 Å². The lowest BCUT2D eigenvalue weighted by Crippen LogP contribution is -2.03. The molecule has 27 heavy (non-hydrogen) atoms. The molecule has 0 aliphatic rings. The molecule has 6 heteroatoms. The van der Waals surface area contributed by atoms with Crippen LogP contribution >= 0.6 is 23.2 Å². The maximum absolute atomic E-state index is 13.3. The molecule has 3 aromatic rings. The van der Waals surface area contributed by atoms with Crippen molar-refractivity contribution in [2.24, 2.45) is 0 Å². The van der Waals surface area contributed by atoms with E-state index in [-0.39, 0.29) is 5.02 Å². The molecule has 0 spiro atoms. The first-order valence-electron chi connectivity index (χ1n) is 8.29. The molecule has 0 bridgehead atoms. The topological polar surface area (TPSA) is 30.5 Å². The summed E-state index contributed by atoms with van der Waals surface area (Å²) < 4.78 is 24.5. The summed E-state index contributed by atoms with van der Waals surface area (Å²) in [7, 11) is 1.58. The summed E-state index contributed by atoms with van der Waals surface area (Å²) in [6.07, 6.45) is 0. The van der Waals surface area contributed by atoms with E-state index in [0.29, 0.717) is 35.4 Å². The second-order valence-electron chi connectivity index (χ2n) is 5.85. The summed E-state index contributed by atoms with van der Waals surface area (Å²) in [5.74, 6) is 0.700. The number of hydrogen-bond acceptors (Lipinski definition) is 3. The van der Waals surface area contributed by atoms with Crippen molar-refractivity contribution in [1.82, 2.24) is 0 Å². The van der Waals surface area contributed by atoms with Gasteiger partial charge in [-0.3, -0.25) is 0 Å². The van der Waals surface area contributed by atoms with Gasteiger partial charge in [0.05, 0.1) is 12.1 Å². The zero-order chi connectivity index (χ0) is 19.2. The molecule has 0 saturated carbocycles. The van der Waals surface area contributed by atoms with E-state index in [1.165, 1.54) is 12.1 Å². The second-order valence-corrected chi connectivity index (χ2v) is 6.67. The smallest absolute Gasteiger partial charge is 0.163 e. The molecule has 0 aliphatic heterocycles. The van der Waals surface area contributed by atoms with Gasteiger partial charge in [-0.05, 0) is 35.4 Å². The summed E-state index contributed by atoms with van der Waals surface area (Å²) >= 11 is 12.2. The summed E-state index contributed by atoms with van der Waals surface area (Å²) in [6.45, 7) is 0.843. The quantitative estimate of drug-likeness (QED) is 0.497. The third-order valence-corrected chi connectivity index (χ3v) is 4.61. The highest BCUT2D eigenvalue weighted by molar-refractivity contribution is 6.31. The van der Waals surface area contributed by atoms with Crippen molar-refractivity contribution in [2.45, 2.75) is 13.2 Å². The lowest BCUT2D eigenvalue weighted by atomic mass is 10.2. The van der Waals surface area contributed by atoms with Gasteiger partial charge in [0.2, 0.25) is 0 Å². The van der Waals surface area contributed by atoms with Crippen LogP contribution in [0.2, 0.25) is 10.0 Å². The fourth-order valence-electron chi connectivity index (χ4n) is 2.52. The van der Waals surface area contributed by atoms with Crippen LogP contribution in [0, 0.1) is 5.82 Å². The number of halogens is 3. The lowest BCUT2D eigenvalue weighted by molar-refractivity contribution is 0.284. The Kier molecular flexibility index (Phi) is 6.43. The van der Waals surface area contributed by atoms with Crippen LogP contribution in [0.25, 0.3) is 0 Å². The van der Waals surface area contributed by atoms with Crippen molar-refractivity contribution in [2.75, 3.05) is 12.4 Å². The molecule has 3 nitrogen and oxygen atoms in total. The molecule has 0 heterocycles. The monoisotopic (exact) mass is 405 g/mol. The number of nitrogens with one attached hydrogen (secondary N) is 1. The van der Waals surface area contributed by atoms with E-state index in [1.807, 2.05) is 36.4 Å². The van der Waals surface area contributed by atoms with Crippen molar-refractivity contribution in [3.8, 4) is 11.5 Å². The van der Waals surface area contributed by atoms with Gasteiger partial charge in [0, 0.05) is 23.3 Å². The third-order valence-electron chi connectivity index (χ3n) is 3.97. The van der Waals surface area contributed by atoms with Crippen LogP contribution in [0.15, 0.2) is 60.7 Å². The zero-order valence-corrected chi connectivity index (χ0v) is 16.1. The summed E-state index contributed by atoms with van der Waals surface area (Å²) in [5.41, 5.74) is 2.57. The van der Waals surface area contributed by atoms with Crippen molar-refractivity contribution in [3.63, 3.8) is 0 Å². The molecule has 3 rings (SSSR count). The van der Waals surface area contributed by atoms with Gasteiger partial charge < -0.3 is 14.8 Å². The number of rotatable bonds is 7. The van der Waals surface area contributed by atoms with Crippen LogP contribution in [0.4, 0.5) is 10.1 Å². The molecule has 0 atom stereocenters. The molecular formula is C21H18Cl2FNO2. The second kappa shape index (κ2) is 8.98. The van der Waals surface area contributed by atoms with Crippen LogP contribution in [0.3, 0.4) is 0 Å². The maximum atomic E-state index is 13.3. The fourth-order valence-corrected chi connectivity index (χ4v) is 2.92. The van der Waals surface area contributed by atoms with E-state index in [1.54, 1.807) is 19.2 Å². The average Bonchev–Trinajstić information content (AvgIpc) is 2.69. The van der Waals surface area contributed by atoms with E-state index in [4.69, 9.17) is 32.7 Å². The van der Waals surface area contributed by atoms with Gasteiger partial charge >= 0.3 is 0 Å². The van der Waals surface area contributed by atoms with Gasteiger partial charge in [0.1, 0.15) is 12.4 Å². The highest BCUT2D eigenvalue weighted by Gasteiger charge is 2.11. The Balaban J connectivity index is 1.72. The Labute approximate surface area is 167 Å². The average molecular weight is 406 g/mol. The van der Waals surface area contributed by atoms with Crippen LogP contribution in [-0.4, -0.2) is 7.11 Å². The Bertz CT molecular complexity index is 920. The minimum absolute atomic E-state index is 0.0633. The fraction of sp³-hybridized carbons (Fsp3) is 0.143. The lowest BCUT2D eigenvalue weighted by Gasteiger charge is -2.15. The largest absolute Gasteiger partial charge is 0.493 e. The number of benzene rings is 3. The molecule has 0 aromatic heterocycles.